The van der Waals surface area contributed by atoms with E-state index < -0.39 is 0 Å². The van der Waals surface area contributed by atoms with Crippen LogP contribution in [0.3, 0.4) is 0 Å². The summed E-state index contributed by atoms with van der Waals surface area (Å²) in [6.07, 6.45) is 5.08. The molecule has 0 atom stereocenters. The molecule has 0 bridgehead atoms. The Morgan fingerprint density at radius 2 is 2.20 bits per heavy atom. The second kappa shape index (κ2) is 5.63. The van der Waals surface area contributed by atoms with Crippen LogP contribution in [-0.2, 0) is 4.74 Å². The first kappa shape index (κ1) is 13.1. The number of hydrogen-bond acceptors (Lipinski definition) is 4. The van der Waals surface area contributed by atoms with Gasteiger partial charge in [0.1, 0.15) is 11.3 Å². The maximum absolute atomic E-state index is 11.4. The van der Waals surface area contributed by atoms with Crippen molar-refractivity contribution < 1.29 is 9.53 Å². The maximum atomic E-state index is 11.4. The average molecular weight is 273 g/mol. The number of anilines is 1. The minimum Gasteiger partial charge on any atom is -0.378 e. The molecule has 0 radical (unpaired) electrons. The largest absolute Gasteiger partial charge is 0.378 e. The summed E-state index contributed by atoms with van der Waals surface area (Å²) in [5.41, 5.74) is 1.45. The molecule has 1 saturated heterocycles. The van der Waals surface area contributed by atoms with Crippen molar-refractivity contribution in [3.05, 3.63) is 30.1 Å². The van der Waals surface area contributed by atoms with Gasteiger partial charge in [-0.2, -0.15) is 0 Å². The zero-order chi connectivity index (χ0) is 13.9. The number of nitrogens with zero attached hydrogens (tertiary/aromatic N) is 3. The first-order chi connectivity index (χ1) is 9.83. The monoisotopic (exact) mass is 273 g/mol. The highest BCUT2D eigenvalue weighted by atomic mass is 16.5. The van der Waals surface area contributed by atoms with Crippen LogP contribution in [0, 0.1) is 0 Å². The highest BCUT2D eigenvalue weighted by Gasteiger charge is 2.24. The van der Waals surface area contributed by atoms with Gasteiger partial charge in [0.2, 0.25) is 0 Å². The number of aromatic nitrogens is 2. The molecule has 0 N–H and O–H groups in total. The normalized spacial score (nSPS) is 16.8. The van der Waals surface area contributed by atoms with Crippen LogP contribution in [0.4, 0.5) is 5.82 Å². The van der Waals surface area contributed by atoms with Crippen molar-refractivity contribution in [1.82, 2.24) is 9.38 Å². The third-order valence-corrected chi connectivity index (χ3v) is 3.80. The summed E-state index contributed by atoms with van der Waals surface area (Å²) < 4.78 is 7.50. The Bertz CT molecular complexity index is 600. The molecule has 0 aliphatic carbocycles. The predicted molar refractivity (Wildman–Crippen MR) is 77.4 cm³/mol. The van der Waals surface area contributed by atoms with Crippen molar-refractivity contribution in [2.75, 3.05) is 24.6 Å². The van der Waals surface area contributed by atoms with Crippen LogP contribution >= 0.6 is 0 Å². The summed E-state index contributed by atoms with van der Waals surface area (Å²) >= 11 is 0. The number of fused-ring (bicyclic) bond motifs is 1. The Hall–Kier alpha value is -1.88. The molecule has 2 aromatic heterocycles. The van der Waals surface area contributed by atoms with E-state index in [-0.39, 0.29) is 0 Å². The van der Waals surface area contributed by atoms with E-state index in [0.29, 0.717) is 11.8 Å². The van der Waals surface area contributed by atoms with Gasteiger partial charge < -0.3 is 9.64 Å². The van der Waals surface area contributed by atoms with Crippen LogP contribution in [0.25, 0.3) is 5.65 Å². The van der Waals surface area contributed by atoms with Crippen molar-refractivity contribution in [3.63, 3.8) is 0 Å². The molecule has 1 aliphatic heterocycles. The Labute approximate surface area is 118 Å². The second-order valence-corrected chi connectivity index (χ2v) is 5.01. The van der Waals surface area contributed by atoms with Crippen LogP contribution in [0.15, 0.2) is 24.4 Å². The van der Waals surface area contributed by atoms with Crippen LogP contribution in [-0.4, -0.2) is 41.5 Å². The summed E-state index contributed by atoms with van der Waals surface area (Å²) in [5, 5.41) is 0. The highest BCUT2D eigenvalue weighted by Crippen LogP contribution is 2.24. The number of carbonyl (C=O) groups excluding carboxylic acids is 1. The molecule has 0 spiro atoms. The third kappa shape index (κ3) is 2.29. The Balaban J connectivity index is 1.86. The van der Waals surface area contributed by atoms with Gasteiger partial charge in [-0.15, -0.1) is 0 Å². The molecule has 2 aromatic rings. The van der Waals surface area contributed by atoms with Gasteiger partial charge in [0.25, 0.3) is 0 Å². The Kier molecular flexibility index (Phi) is 3.69. The fourth-order valence-electron chi connectivity index (χ4n) is 2.81. The van der Waals surface area contributed by atoms with Crippen LogP contribution < -0.4 is 4.90 Å². The Morgan fingerprint density at radius 1 is 1.40 bits per heavy atom. The Morgan fingerprint density at radius 3 is 2.90 bits per heavy atom. The lowest BCUT2D eigenvalue weighted by molar-refractivity contribution is 0.0458. The molecule has 3 heterocycles. The fourth-order valence-corrected chi connectivity index (χ4v) is 2.81. The van der Waals surface area contributed by atoms with Gasteiger partial charge in [-0.05, 0) is 31.9 Å². The molecule has 1 aliphatic rings. The molecule has 20 heavy (non-hydrogen) atoms. The molecule has 0 amide bonds. The quantitative estimate of drug-likeness (QED) is 0.801. The van der Waals surface area contributed by atoms with Gasteiger partial charge in [0.05, 0.1) is 6.10 Å². The van der Waals surface area contributed by atoms with Crippen LogP contribution in [0.5, 0.6) is 0 Å². The number of hydrogen-bond donors (Lipinski definition) is 0. The number of ether oxygens (including phenoxy) is 1. The molecular weight excluding hydrogens is 254 g/mol. The summed E-state index contributed by atoms with van der Waals surface area (Å²) in [6, 6.07) is 5.76. The summed E-state index contributed by atoms with van der Waals surface area (Å²) in [7, 11) is 0. The van der Waals surface area contributed by atoms with E-state index in [9.17, 15) is 4.79 Å². The number of carbonyl (C=O) groups is 1. The number of imidazole rings is 1. The van der Waals surface area contributed by atoms with Crippen molar-refractivity contribution in [2.45, 2.75) is 25.9 Å². The zero-order valence-corrected chi connectivity index (χ0v) is 11.7. The number of pyridine rings is 1. The van der Waals surface area contributed by atoms with Crippen molar-refractivity contribution in [3.8, 4) is 0 Å². The molecule has 0 aromatic carbocycles. The van der Waals surface area contributed by atoms with Crippen LogP contribution in [0.1, 0.15) is 30.3 Å². The smallest absolute Gasteiger partial charge is 0.170 e. The minimum absolute atomic E-state index is 0.341. The third-order valence-electron chi connectivity index (χ3n) is 3.80. The molecule has 5 heteroatoms. The lowest BCUT2D eigenvalue weighted by Crippen LogP contribution is -2.37. The lowest BCUT2D eigenvalue weighted by atomic mass is 10.1. The molecule has 5 nitrogen and oxygen atoms in total. The van der Waals surface area contributed by atoms with Crippen molar-refractivity contribution in [2.24, 2.45) is 0 Å². The van der Waals surface area contributed by atoms with E-state index in [0.717, 1.165) is 50.3 Å². The number of piperidine rings is 1. The minimum atomic E-state index is 0.341. The molecular formula is C15H19N3O2. The van der Waals surface area contributed by atoms with E-state index in [1.807, 2.05) is 35.7 Å². The van der Waals surface area contributed by atoms with E-state index >= 15 is 0 Å². The molecule has 1 fully saturated rings. The molecule has 0 unspecified atom stereocenters. The average Bonchev–Trinajstić information content (AvgIpc) is 2.87. The topological polar surface area (TPSA) is 46.8 Å². The zero-order valence-electron chi connectivity index (χ0n) is 11.7. The molecule has 0 saturated carbocycles. The first-order valence-electron chi connectivity index (χ1n) is 7.12. The SMILES string of the molecule is CCOC1CCN(c2nc3ccccn3c2C=O)CC1. The molecule has 3 rings (SSSR count). The fraction of sp³-hybridized carbons (Fsp3) is 0.467. The summed E-state index contributed by atoms with van der Waals surface area (Å²) in [5.74, 6) is 0.793. The van der Waals surface area contributed by atoms with Gasteiger partial charge in [0, 0.05) is 25.9 Å². The van der Waals surface area contributed by atoms with Crippen molar-refractivity contribution in [1.29, 1.82) is 0 Å². The van der Waals surface area contributed by atoms with E-state index in [1.54, 1.807) is 0 Å². The summed E-state index contributed by atoms with van der Waals surface area (Å²) in [6.45, 7) is 4.56. The van der Waals surface area contributed by atoms with Gasteiger partial charge >= 0.3 is 0 Å². The van der Waals surface area contributed by atoms with Crippen LogP contribution in [0.2, 0.25) is 0 Å². The van der Waals surface area contributed by atoms with E-state index in [1.165, 1.54) is 0 Å². The van der Waals surface area contributed by atoms with Crippen molar-refractivity contribution >= 4 is 17.8 Å². The van der Waals surface area contributed by atoms with Gasteiger partial charge in [-0.3, -0.25) is 9.20 Å². The number of aldehydes is 1. The standard InChI is InChI=1S/C15H19N3O2/c1-2-20-12-6-9-17(10-7-12)15-13(11-19)18-8-4-3-5-14(18)16-15/h3-5,8,11-12H,2,6-7,9-10H2,1H3. The highest BCUT2D eigenvalue weighted by molar-refractivity contribution is 5.83. The summed E-state index contributed by atoms with van der Waals surface area (Å²) in [4.78, 5) is 18.2. The van der Waals surface area contributed by atoms with E-state index in [4.69, 9.17) is 4.74 Å². The number of rotatable bonds is 4. The van der Waals surface area contributed by atoms with Gasteiger partial charge in [-0.25, -0.2) is 4.98 Å². The van der Waals surface area contributed by atoms with Gasteiger partial charge in [-0.1, -0.05) is 6.07 Å². The lowest BCUT2D eigenvalue weighted by Gasteiger charge is -2.32. The van der Waals surface area contributed by atoms with E-state index in [2.05, 4.69) is 9.88 Å². The maximum Gasteiger partial charge on any atom is 0.170 e. The second-order valence-electron chi connectivity index (χ2n) is 5.01. The predicted octanol–water partition coefficient (Wildman–Crippen LogP) is 2.15. The molecule has 106 valence electrons. The van der Waals surface area contributed by atoms with Gasteiger partial charge in [0.15, 0.2) is 12.1 Å². The first-order valence-corrected chi connectivity index (χ1v) is 7.12.